The fraction of sp³-hybridized carbons (Fsp3) is 0.611. The lowest BCUT2D eigenvalue weighted by molar-refractivity contribution is -0.149. The number of hydrogen-bond acceptors (Lipinski definition) is 4. The molecular weight excluding hydrogens is 278 g/mol. The zero-order valence-corrected chi connectivity index (χ0v) is 14.1. The Morgan fingerprint density at radius 1 is 1.23 bits per heavy atom. The molecule has 0 radical (unpaired) electrons. The number of rotatable bonds is 5. The van der Waals surface area contributed by atoms with E-state index in [0.29, 0.717) is 6.61 Å². The molecule has 0 amide bonds. The van der Waals surface area contributed by atoms with Gasteiger partial charge < -0.3 is 9.47 Å². The van der Waals surface area contributed by atoms with Crippen LogP contribution in [0.4, 0.5) is 0 Å². The Balaban J connectivity index is 1.94. The van der Waals surface area contributed by atoms with Crippen LogP contribution in [0.3, 0.4) is 0 Å². The van der Waals surface area contributed by atoms with Crippen LogP contribution in [0, 0.1) is 19.8 Å². The molecule has 0 atom stereocenters. The van der Waals surface area contributed by atoms with E-state index in [1.54, 1.807) is 7.11 Å². The number of carbonyl (C=O) groups is 1. The van der Waals surface area contributed by atoms with Crippen molar-refractivity contribution >= 4 is 5.97 Å². The van der Waals surface area contributed by atoms with Gasteiger partial charge in [0.2, 0.25) is 0 Å². The summed E-state index contributed by atoms with van der Waals surface area (Å²) in [5.41, 5.74) is 3.85. The van der Waals surface area contributed by atoms with Gasteiger partial charge in [0, 0.05) is 6.54 Å². The summed E-state index contributed by atoms with van der Waals surface area (Å²) in [6.45, 7) is 9.43. The van der Waals surface area contributed by atoms with E-state index in [9.17, 15) is 4.79 Å². The molecular formula is C18H27NO3. The Morgan fingerprint density at radius 2 is 1.91 bits per heavy atom. The molecule has 0 bridgehead atoms. The maximum atomic E-state index is 11.8. The molecule has 1 fully saturated rings. The highest BCUT2D eigenvalue weighted by Gasteiger charge is 2.26. The van der Waals surface area contributed by atoms with Crippen molar-refractivity contribution in [2.24, 2.45) is 5.92 Å². The first-order chi connectivity index (χ1) is 10.6. The van der Waals surface area contributed by atoms with E-state index in [1.165, 1.54) is 16.7 Å². The van der Waals surface area contributed by atoms with Gasteiger partial charge in [-0.3, -0.25) is 9.69 Å². The standard InChI is InChI=1S/C18H27NO3/c1-5-22-18(20)15-8-10-19(11-9-15)12-16-6-7-17(21-4)14(3)13(16)2/h6-7,15H,5,8-12H2,1-4H3. The van der Waals surface area contributed by atoms with E-state index in [-0.39, 0.29) is 11.9 Å². The lowest BCUT2D eigenvalue weighted by atomic mass is 9.95. The number of esters is 1. The highest BCUT2D eigenvalue weighted by molar-refractivity contribution is 5.72. The largest absolute Gasteiger partial charge is 0.496 e. The predicted molar refractivity (Wildman–Crippen MR) is 87.1 cm³/mol. The summed E-state index contributed by atoms with van der Waals surface area (Å²) in [6.07, 6.45) is 1.79. The molecule has 1 aromatic carbocycles. The Bertz CT molecular complexity index is 519. The van der Waals surface area contributed by atoms with Gasteiger partial charge in [-0.25, -0.2) is 0 Å². The number of piperidine rings is 1. The Hall–Kier alpha value is -1.55. The minimum atomic E-state index is -0.0291. The lowest BCUT2D eigenvalue weighted by Crippen LogP contribution is -2.36. The Labute approximate surface area is 133 Å². The molecule has 0 unspecified atom stereocenters. The normalized spacial score (nSPS) is 16.5. The smallest absolute Gasteiger partial charge is 0.309 e. The van der Waals surface area contributed by atoms with Crippen LogP contribution >= 0.6 is 0 Å². The maximum Gasteiger partial charge on any atom is 0.309 e. The van der Waals surface area contributed by atoms with E-state index in [2.05, 4.69) is 24.8 Å². The van der Waals surface area contributed by atoms with E-state index in [1.807, 2.05) is 13.0 Å². The number of hydrogen-bond donors (Lipinski definition) is 0. The molecule has 122 valence electrons. The van der Waals surface area contributed by atoms with Crippen molar-refractivity contribution in [1.29, 1.82) is 0 Å². The van der Waals surface area contributed by atoms with E-state index in [4.69, 9.17) is 9.47 Å². The number of nitrogens with zero attached hydrogens (tertiary/aromatic N) is 1. The zero-order valence-electron chi connectivity index (χ0n) is 14.1. The van der Waals surface area contributed by atoms with Crippen molar-refractivity contribution in [3.05, 3.63) is 28.8 Å². The summed E-state index contributed by atoms with van der Waals surface area (Å²) in [7, 11) is 1.71. The Kier molecular flexibility index (Phi) is 5.83. The number of likely N-dealkylation sites (tertiary alicyclic amines) is 1. The summed E-state index contributed by atoms with van der Waals surface area (Å²) < 4.78 is 10.5. The lowest BCUT2D eigenvalue weighted by Gasteiger charge is -2.31. The van der Waals surface area contributed by atoms with E-state index >= 15 is 0 Å². The molecule has 2 rings (SSSR count). The van der Waals surface area contributed by atoms with Crippen LogP contribution in [-0.2, 0) is 16.1 Å². The summed E-state index contributed by atoms with van der Waals surface area (Å²) in [5.74, 6) is 0.996. The van der Waals surface area contributed by atoms with Gasteiger partial charge in [-0.15, -0.1) is 0 Å². The molecule has 1 aliphatic heterocycles. The van der Waals surface area contributed by atoms with Gasteiger partial charge in [0.15, 0.2) is 0 Å². The molecule has 0 aromatic heterocycles. The molecule has 1 aromatic rings. The average Bonchev–Trinajstić information content (AvgIpc) is 2.53. The second kappa shape index (κ2) is 7.63. The van der Waals surface area contributed by atoms with Crippen LogP contribution < -0.4 is 4.74 Å². The van der Waals surface area contributed by atoms with Gasteiger partial charge in [-0.2, -0.15) is 0 Å². The highest BCUT2D eigenvalue weighted by atomic mass is 16.5. The Morgan fingerprint density at radius 3 is 2.50 bits per heavy atom. The van der Waals surface area contributed by atoms with Crippen LogP contribution in [0.25, 0.3) is 0 Å². The fourth-order valence-corrected chi connectivity index (χ4v) is 3.07. The first-order valence-corrected chi connectivity index (χ1v) is 8.08. The average molecular weight is 305 g/mol. The summed E-state index contributed by atoms with van der Waals surface area (Å²) in [4.78, 5) is 14.2. The van der Waals surface area contributed by atoms with Crippen LogP contribution in [0.1, 0.15) is 36.5 Å². The van der Waals surface area contributed by atoms with Crippen LogP contribution in [0.5, 0.6) is 5.75 Å². The predicted octanol–water partition coefficient (Wildman–Crippen LogP) is 3.09. The summed E-state index contributed by atoms with van der Waals surface area (Å²) in [6, 6.07) is 4.20. The molecule has 4 nitrogen and oxygen atoms in total. The number of ether oxygens (including phenoxy) is 2. The van der Waals surface area contributed by atoms with Crippen LogP contribution in [-0.4, -0.2) is 37.7 Å². The zero-order chi connectivity index (χ0) is 16.1. The van der Waals surface area contributed by atoms with Crippen LogP contribution in [0.15, 0.2) is 12.1 Å². The van der Waals surface area contributed by atoms with Crippen molar-refractivity contribution in [2.75, 3.05) is 26.8 Å². The third-order valence-corrected chi connectivity index (χ3v) is 4.67. The first kappa shape index (κ1) is 16.8. The summed E-state index contributed by atoms with van der Waals surface area (Å²) >= 11 is 0. The van der Waals surface area contributed by atoms with Crippen molar-refractivity contribution in [3.63, 3.8) is 0 Å². The number of carbonyl (C=O) groups excluding carboxylic acids is 1. The van der Waals surface area contributed by atoms with Gasteiger partial charge in [-0.1, -0.05) is 6.07 Å². The molecule has 22 heavy (non-hydrogen) atoms. The van der Waals surface area contributed by atoms with E-state index < -0.39 is 0 Å². The third kappa shape index (κ3) is 3.80. The van der Waals surface area contributed by atoms with Crippen LogP contribution in [0.2, 0.25) is 0 Å². The molecule has 0 N–H and O–H groups in total. The minimum Gasteiger partial charge on any atom is -0.496 e. The third-order valence-electron chi connectivity index (χ3n) is 4.67. The number of benzene rings is 1. The van der Waals surface area contributed by atoms with Gasteiger partial charge in [0.1, 0.15) is 5.75 Å². The molecule has 0 aliphatic carbocycles. The monoisotopic (exact) mass is 305 g/mol. The van der Waals surface area contributed by atoms with Gasteiger partial charge in [0.05, 0.1) is 19.6 Å². The quantitative estimate of drug-likeness (QED) is 0.784. The van der Waals surface area contributed by atoms with Crippen molar-refractivity contribution in [2.45, 2.75) is 40.2 Å². The maximum absolute atomic E-state index is 11.8. The second-order valence-electron chi connectivity index (χ2n) is 5.98. The molecule has 1 saturated heterocycles. The molecule has 0 saturated carbocycles. The molecule has 0 spiro atoms. The highest BCUT2D eigenvalue weighted by Crippen LogP contribution is 2.26. The van der Waals surface area contributed by atoms with Crippen molar-refractivity contribution in [3.8, 4) is 5.75 Å². The minimum absolute atomic E-state index is 0.0291. The van der Waals surface area contributed by atoms with Gasteiger partial charge in [-0.05, 0) is 69.5 Å². The first-order valence-electron chi connectivity index (χ1n) is 8.08. The number of methoxy groups -OCH3 is 1. The summed E-state index contributed by atoms with van der Waals surface area (Å²) in [5, 5.41) is 0. The topological polar surface area (TPSA) is 38.8 Å². The van der Waals surface area contributed by atoms with Gasteiger partial charge in [0.25, 0.3) is 0 Å². The molecule has 4 heteroatoms. The SMILES string of the molecule is CCOC(=O)C1CCN(Cc2ccc(OC)c(C)c2C)CC1. The fourth-order valence-electron chi connectivity index (χ4n) is 3.07. The second-order valence-corrected chi connectivity index (χ2v) is 5.98. The molecule has 1 heterocycles. The van der Waals surface area contributed by atoms with Gasteiger partial charge >= 0.3 is 5.97 Å². The van der Waals surface area contributed by atoms with Crippen molar-refractivity contribution in [1.82, 2.24) is 4.90 Å². The van der Waals surface area contributed by atoms with Crippen molar-refractivity contribution < 1.29 is 14.3 Å². The molecule has 1 aliphatic rings. The van der Waals surface area contributed by atoms with E-state index in [0.717, 1.165) is 38.2 Å².